The first-order valence-corrected chi connectivity index (χ1v) is 11.2. The lowest BCUT2D eigenvalue weighted by molar-refractivity contribution is 0.583. The topological polar surface area (TPSA) is 78.0 Å². The van der Waals surface area contributed by atoms with Crippen molar-refractivity contribution in [3.8, 4) is 11.4 Å². The number of hydrogen-bond donors (Lipinski definition) is 3. The molecule has 0 radical (unpaired) electrons. The first-order valence-electron chi connectivity index (χ1n) is 11.2. The summed E-state index contributed by atoms with van der Waals surface area (Å²) in [4.78, 5) is 17.3. The number of rotatable bonds is 3. The minimum Gasteiger partial charge on any atom is -0.385 e. The Kier molecular flexibility index (Phi) is 4.03. The lowest BCUT2D eigenvalue weighted by Gasteiger charge is -2.30. The maximum atomic E-state index is 5.23. The molecule has 0 bridgehead atoms. The van der Waals surface area contributed by atoms with Crippen molar-refractivity contribution in [2.24, 2.45) is 5.92 Å². The molecule has 156 valence electrons. The fraction of sp³-hybridized carbons (Fsp3) is 0.522. The molecule has 2 fully saturated rings. The van der Waals surface area contributed by atoms with Crippen LogP contribution >= 0.6 is 0 Å². The van der Waals surface area contributed by atoms with Crippen LogP contribution in [0, 0.1) is 5.92 Å². The normalized spacial score (nSPS) is 21.9. The van der Waals surface area contributed by atoms with Crippen LogP contribution in [0.1, 0.15) is 32.3 Å². The number of pyridine rings is 1. The van der Waals surface area contributed by atoms with Gasteiger partial charge < -0.3 is 20.9 Å². The number of nitrogens with one attached hydrogen (secondary N) is 3. The monoisotopic (exact) mass is 403 g/mol. The van der Waals surface area contributed by atoms with Crippen molar-refractivity contribution in [3.05, 3.63) is 28.4 Å². The molecule has 7 heteroatoms. The Morgan fingerprint density at radius 3 is 2.77 bits per heavy atom. The van der Waals surface area contributed by atoms with E-state index in [0.717, 1.165) is 67.5 Å². The Hall–Kier alpha value is -2.67. The average molecular weight is 404 g/mol. The van der Waals surface area contributed by atoms with Gasteiger partial charge in [-0.05, 0) is 50.7 Å². The van der Waals surface area contributed by atoms with Gasteiger partial charge in [0.05, 0.1) is 5.35 Å². The number of anilines is 2. The van der Waals surface area contributed by atoms with Gasteiger partial charge in [-0.1, -0.05) is 0 Å². The van der Waals surface area contributed by atoms with Crippen LogP contribution in [-0.2, 0) is 6.42 Å². The first-order chi connectivity index (χ1) is 14.6. The highest BCUT2D eigenvalue weighted by Gasteiger charge is 2.33. The minimum absolute atomic E-state index is 0.00160. The number of aromatic nitrogens is 3. The van der Waals surface area contributed by atoms with Gasteiger partial charge in [-0.2, -0.15) is 0 Å². The quantitative estimate of drug-likeness (QED) is 0.693. The summed E-state index contributed by atoms with van der Waals surface area (Å²) in [5.41, 5.74) is 3.82. The molecule has 4 aliphatic rings. The van der Waals surface area contributed by atoms with Gasteiger partial charge in [0.25, 0.3) is 0 Å². The molecule has 0 aromatic carbocycles. The molecule has 0 spiro atoms. The lowest BCUT2D eigenvalue weighted by Crippen LogP contribution is -2.50. The summed E-state index contributed by atoms with van der Waals surface area (Å²) in [5.74, 6) is 3.59. The van der Waals surface area contributed by atoms with Crippen LogP contribution in [-0.4, -0.2) is 53.2 Å². The zero-order valence-electron chi connectivity index (χ0n) is 17.8. The van der Waals surface area contributed by atoms with Crippen LogP contribution in [0.3, 0.4) is 0 Å². The first kappa shape index (κ1) is 18.1. The molecule has 1 saturated heterocycles. The number of fused-ring (bicyclic) bond motifs is 2. The molecule has 2 aromatic rings. The predicted molar refractivity (Wildman–Crippen MR) is 120 cm³/mol. The minimum atomic E-state index is 0.00160. The highest BCUT2D eigenvalue weighted by molar-refractivity contribution is 5.72. The molecule has 2 aromatic heterocycles. The van der Waals surface area contributed by atoms with Crippen LogP contribution in [0.2, 0.25) is 0 Å². The lowest BCUT2D eigenvalue weighted by atomic mass is 9.97. The van der Waals surface area contributed by atoms with Gasteiger partial charge in [0.1, 0.15) is 11.6 Å². The van der Waals surface area contributed by atoms with Gasteiger partial charge in [0.2, 0.25) is 0 Å². The summed E-state index contributed by atoms with van der Waals surface area (Å²) < 4.78 is 0. The SMILES string of the molecule is CC1(C)Cc2c(-c3nc(N4CCNCC4)c4c(n3)=CNCC=4C3CC3)ccnc2N1. The number of piperazine rings is 1. The Morgan fingerprint density at radius 2 is 1.97 bits per heavy atom. The highest BCUT2D eigenvalue weighted by Crippen LogP contribution is 2.38. The van der Waals surface area contributed by atoms with E-state index in [9.17, 15) is 0 Å². The Labute approximate surface area is 176 Å². The van der Waals surface area contributed by atoms with Crippen molar-refractivity contribution in [3.63, 3.8) is 0 Å². The van der Waals surface area contributed by atoms with Crippen molar-refractivity contribution in [1.82, 2.24) is 25.6 Å². The van der Waals surface area contributed by atoms with Crippen molar-refractivity contribution in [2.75, 3.05) is 42.9 Å². The van der Waals surface area contributed by atoms with Gasteiger partial charge in [0, 0.05) is 67.0 Å². The van der Waals surface area contributed by atoms with Crippen molar-refractivity contribution >= 4 is 23.4 Å². The fourth-order valence-corrected chi connectivity index (χ4v) is 5.03. The molecule has 6 rings (SSSR count). The molecular weight excluding hydrogens is 374 g/mol. The molecule has 7 nitrogen and oxygen atoms in total. The van der Waals surface area contributed by atoms with Crippen LogP contribution in [0.5, 0.6) is 0 Å². The Morgan fingerprint density at radius 1 is 1.13 bits per heavy atom. The molecule has 0 amide bonds. The van der Waals surface area contributed by atoms with E-state index in [2.05, 4.69) is 51.9 Å². The van der Waals surface area contributed by atoms with Gasteiger partial charge in [0.15, 0.2) is 5.82 Å². The third-order valence-electron chi connectivity index (χ3n) is 6.63. The Balaban J connectivity index is 1.57. The van der Waals surface area contributed by atoms with E-state index in [1.165, 1.54) is 29.2 Å². The second kappa shape index (κ2) is 6.67. The maximum absolute atomic E-state index is 5.23. The molecule has 0 atom stereocenters. The second-order valence-corrected chi connectivity index (χ2v) is 9.56. The van der Waals surface area contributed by atoms with E-state index in [1.54, 1.807) is 0 Å². The highest BCUT2D eigenvalue weighted by atomic mass is 15.2. The Bertz CT molecular complexity index is 1130. The van der Waals surface area contributed by atoms with Gasteiger partial charge in [-0.3, -0.25) is 0 Å². The molecule has 1 aliphatic carbocycles. The van der Waals surface area contributed by atoms with Crippen LogP contribution in [0.25, 0.3) is 23.2 Å². The second-order valence-electron chi connectivity index (χ2n) is 9.56. The summed E-state index contributed by atoms with van der Waals surface area (Å²) in [6, 6.07) is 2.08. The molecule has 30 heavy (non-hydrogen) atoms. The molecule has 3 N–H and O–H groups in total. The third kappa shape index (κ3) is 3.03. The van der Waals surface area contributed by atoms with Crippen LogP contribution in [0.4, 0.5) is 11.6 Å². The van der Waals surface area contributed by atoms with Crippen molar-refractivity contribution in [1.29, 1.82) is 0 Å². The molecular formula is C23H29N7. The summed E-state index contributed by atoms with van der Waals surface area (Å²) in [6.45, 7) is 9.31. The van der Waals surface area contributed by atoms with E-state index in [4.69, 9.17) is 9.97 Å². The van der Waals surface area contributed by atoms with E-state index >= 15 is 0 Å². The number of nitrogens with zero attached hydrogens (tertiary/aromatic N) is 4. The molecule has 1 saturated carbocycles. The number of hydrogen-bond acceptors (Lipinski definition) is 7. The molecule has 3 aliphatic heterocycles. The zero-order chi connectivity index (χ0) is 20.3. The van der Waals surface area contributed by atoms with E-state index < -0.39 is 0 Å². The van der Waals surface area contributed by atoms with E-state index in [-0.39, 0.29) is 5.54 Å². The average Bonchev–Trinajstić information content (AvgIpc) is 3.54. The predicted octanol–water partition coefficient (Wildman–Crippen LogP) is 0.597. The smallest absolute Gasteiger partial charge is 0.162 e. The summed E-state index contributed by atoms with van der Waals surface area (Å²) in [7, 11) is 0. The standard InChI is InChI=1S/C23H29N7/c1-23(2)11-16-15(5-6-26-20(16)29-23)21-27-18-13-25-12-17(14-3-4-14)19(18)22(28-21)30-9-7-24-8-10-30/h5-6,13-14,24-25H,3-4,7-12H2,1-2H3,(H,26,29). The summed E-state index contributed by atoms with van der Waals surface area (Å²) >= 11 is 0. The third-order valence-corrected chi connectivity index (χ3v) is 6.63. The largest absolute Gasteiger partial charge is 0.385 e. The van der Waals surface area contributed by atoms with Gasteiger partial charge in [-0.25, -0.2) is 15.0 Å². The van der Waals surface area contributed by atoms with Gasteiger partial charge >= 0.3 is 0 Å². The summed E-state index contributed by atoms with van der Waals surface area (Å²) in [6.07, 6.45) is 7.47. The maximum Gasteiger partial charge on any atom is 0.162 e. The molecule has 5 heterocycles. The van der Waals surface area contributed by atoms with Crippen molar-refractivity contribution in [2.45, 2.75) is 38.6 Å². The summed E-state index contributed by atoms with van der Waals surface area (Å²) in [5, 5.41) is 12.8. The molecule has 0 unspecified atom stereocenters. The van der Waals surface area contributed by atoms with Gasteiger partial charge in [-0.15, -0.1) is 0 Å². The van der Waals surface area contributed by atoms with E-state index in [1.807, 2.05) is 6.20 Å². The van der Waals surface area contributed by atoms with Crippen molar-refractivity contribution < 1.29 is 0 Å². The van der Waals surface area contributed by atoms with E-state index in [0.29, 0.717) is 5.92 Å². The van der Waals surface area contributed by atoms with Crippen LogP contribution < -0.4 is 31.4 Å². The van der Waals surface area contributed by atoms with Crippen LogP contribution in [0.15, 0.2) is 12.3 Å². The zero-order valence-corrected chi connectivity index (χ0v) is 17.8. The fourth-order valence-electron chi connectivity index (χ4n) is 5.03.